The second kappa shape index (κ2) is 10.9. The lowest BCUT2D eigenvalue weighted by Crippen LogP contribution is -2.53. The molecule has 1 aliphatic heterocycles. The molecule has 0 saturated carbocycles. The van der Waals surface area contributed by atoms with Crippen LogP contribution >= 0.6 is 0 Å². The second-order valence-electron chi connectivity index (χ2n) is 9.23. The van der Waals surface area contributed by atoms with E-state index in [1.807, 2.05) is 36.6 Å². The topological polar surface area (TPSA) is 121 Å². The van der Waals surface area contributed by atoms with Crippen molar-refractivity contribution in [2.24, 2.45) is 5.73 Å². The number of carbonyl (C=O) groups excluding carboxylic acids is 1. The van der Waals surface area contributed by atoms with Gasteiger partial charge in [-0.15, -0.1) is 0 Å². The summed E-state index contributed by atoms with van der Waals surface area (Å²) in [7, 11) is 1.69. The molecule has 3 aromatic rings. The highest BCUT2D eigenvalue weighted by Crippen LogP contribution is 2.30. The van der Waals surface area contributed by atoms with Gasteiger partial charge in [0.1, 0.15) is 16.9 Å². The number of hydrogen-bond donors (Lipinski definition) is 3. The minimum atomic E-state index is -0.841. The number of anilines is 1. The number of rotatable bonds is 12. The standard InChI is InChI=1S/C27H36N6O2/c1-3-4-9-19-12-15-27(26(29)34,30-18-19)14-7-8-16-33-22(13-17-35-2)32-23-24(33)20-10-5-6-11-21(20)31-25(23)28/h5-6,10-12,15,18,30H,3-4,7-9,13-14,16-17H2,1-2H3,(H2,28,31)(H2,29,34). The third-order valence-corrected chi connectivity index (χ3v) is 6.78. The number of carbonyl (C=O) groups is 1. The van der Waals surface area contributed by atoms with Gasteiger partial charge in [0.15, 0.2) is 5.82 Å². The summed E-state index contributed by atoms with van der Waals surface area (Å²) in [6.45, 7) is 3.49. The predicted octanol–water partition coefficient (Wildman–Crippen LogP) is 3.98. The number of nitrogens with zero attached hydrogens (tertiary/aromatic N) is 3. The molecule has 0 spiro atoms. The molecule has 5 N–H and O–H groups in total. The van der Waals surface area contributed by atoms with E-state index in [0.29, 0.717) is 25.3 Å². The van der Waals surface area contributed by atoms with Gasteiger partial charge in [-0.3, -0.25) is 4.79 Å². The van der Waals surface area contributed by atoms with E-state index in [9.17, 15) is 4.79 Å². The van der Waals surface area contributed by atoms with Gasteiger partial charge < -0.3 is 26.1 Å². The van der Waals surface area contributed by atoms with Crippen molar-refractivity contribution in [3.05, 3.63) is 54.0 Å². The highest BCUT2D eigenvalue weighted by Gasteiger charge is 2.33. The summed E-state index contributed by atoms with van der Waals surface area (Å²) >= 11 is 0. The number of para-hydroxylation sites is 1. The van der Waals surface area contributed by atoms with Crippen LogP contribution in [0.2, 0.25) is 0 Å². The average Bonchev–Trinajstić information content (AvgIpc) is 3.24. The monoisotopic (exact) mass is 476 g/mol. The van der Waals surface area contributed by atoms with Crippen molar-refractivity contribution in [2.45, 2.75) is 64.0 Å². The molecular formula is C27H36N6O2. The zero-order valence-corrected chi connectivity index (χ0v) is 20.7. The maximum Gasteiger partial charge on any atom is 0.247 e. The van der Waals surface area contributed by atoms with E-state index < -0.39 is 5.54 Å². The number of benzene rings is 1. The Morgan fingerprint density at radius 2 is 2.00 bits per heavy atom. The van der Waals surface area contributed by atoms with Gasteiger partial charge in [0.2, 0.25) is 5.91 Å². The Hall–Kier alpha value is -3.39. The average molecular weight is 477 g/mol. The number of nitrogens with one attached hydrogen (secondary N) is 1. The number of allylic oxidation sites excluding steroid dienone is 2. The van der Waals surface area contributed by atoms with Crippen molar-refractivity contribution in [3.8, 4) is 0 Å². The first-order valence-corrected chi connectivity index (χ1v) is 12.5. The highest BCUT2D eigenvalue weighted by atomic mass is 16.5. The predicted molar refractivity (Wildman–Crippen MR) is 141 cm³/mol. The first kappa shape index (κ1) is 24.7. The number of unbranched alkanes of at least 4 members (excludes halogenated alkanes) is 2. The van der Waals surface area contributed by atoms with Crippen molar-refractivity contribution in [1.29, 1.82) is 0 Å². The maximum absolute atomic E-state index is 12.4. The first-order chi connectivity index (χ1) is 17.0. The summed E-state index contributed by atoms with van der Waals surface area (Å²) in [5.74, 6) is 1.01. The van der Waals surface area contributed by atoms with Crippen LogP contribution in [0.4, 0.5) is 5.82 Å². The first-order valence-electron chi connectivity index (χ1n) is 12.5. The van der Waals surface area contributed by atoms with E-state index in [0.717, 1.165) is 66.4 Å². The van der Waals surface area contributed by atoms with E-state index in [1.165, 1.54) is 5.57 Å². The number of fused-ring (bicyclic) bond motifs is 3. The zero-order valence-electron chi connectivity index (χ0n) is 20.7. The molecule has 3 heterocycles. The SMILES string of the molecule is CCCCC1=CNC(CCCCn2c(CCOC)nc3c(N)nc4ccccc4c32)(C(N)=O)C=C1. The molecule has 1 atom stereocenters. The number of nitrogens with two attached hydrogens (primary N) is 2. The Morgan fingerprint density at radius 3 is 2.71 bits per heavy atom. The third kappa shape index (κ3) is 5.17. The fraction of sp³-hybridized carbons (Fsp3) is 0.444. The summed E-state index contributed by atoms with van der Waals surface area (Å²) < 4.78 is 7.55. The van der Waals surface area contributed by atoms with E-state index in [2.05, 4.69) is 27.9 Å². The van der Waals surface area contributed by atoms with Gasteiger partial charge >= 0.3 is 0 Å². The number of hydrogen-bond acceptors (Lipinski definition) is 6. The fourth-order valence-corrected chi connectivity index (χ4v) is 4.74. The molecule has 2 aromatic heterocycles. The molecule has 1 unspecified atom stereocenters. The molecule has 8 heteroatoms. The van der Waals surface area contributed by atoms with Crippen LogP contribution in [0.1, 0.15) is 51.3 Å². The largest absolute Gasteiger partial charge is 0.384 e. The highest BCUT2D eigenvalue weighted by molar-refractivity contribution is 6.06. The number of nitrogen functional groups attached to an aromatic ring is 1. The number of primary amides is 1. The molecule has 0 aliphatic carbocycles. The van der Waals surface area contributed by atoms with Crippen LogP contribution in [0, 0.1) is 0 Å². The fourth-order valence-electron chi connectivity index (χ4n) is 4.74. The van der Waals surface area contributed by atoms with Gasteiger partial charge in [0, 0.05) is 31.7 Å². The second-order valence-corrected chi connectivity index (χ2v) is 9.23. The zero-order chi connectivity index (χ0) is 24.8. The van der Waals surface area contributed by atoms with Crippen LogP contribution in [-0.4, -0.2) is 39.7 Å². The Bertz CT molecular complexity index is 1260. The summed E-state index contributed by atoms with van der Waals surface area (Å²) in [5, 5.41) is 4.33. The minimum absolute atomic E-state index is 0.349. The molecule has 1 aromatic carbocycles. The Kier molecular flexibility index (Phi) is 7.70. The smallest absolute Gasteiger partial charge is 0.247 e. The number of imidazole rings is 1. The molecule has 8 nitrogen and oxygen atoms in total. The molecule has 0 radical (unpaired) electrons. The van der Waals surface area contributed by atoms with Crippen molar-refractivity contribution in [1.82, 2.24) is 19.9 Å². The molecular weight excluding hydrogens is 440 g/mol. The summed E-state index contributed by atoms with van der Waals surface area (Å²) in [6, 6.07) is 8.00. The normalized spacial score (nSPS) is 17.6. The van der Waals surface area contributed by atoms with E-state index in [-0.39, 0.29) is 5.91 Å². The maximum atomic E-state index is 12.4. The number of methoxy groups -OCH3 is 1. The summed E-state index contributed by atoms with van der Waals surface area (Å²) in [6.07, 6.45) is 12.2. The minimum Gasteiger partial charge on any atom is -0.384 e. The molecule has 4 rings (SSSR count). The molecule has 35 heavy (non-hydrogen) atoms. The number of aromatic nitrogens is 3. The van der Waals surface area contributed by atoms with Crippen LogP contribution in [-0.2, 0) is 22.5 Å². The molecule has 0 saturated heterocycles. The Balaban J connectivity index is 1.53. The Morgan fingerprint density at radius 1 is 1.17 bits per heavy atom. The van der Waals surface area contributed by atoms with E-state index in [4.69, 9.17) is 21.2 Å². The Labute approximate surface area is 206 Å². The van der Waals surface area contributed by atoms with Gasteiger partial charge in [0.25, 0.3) is 0 Å². The molecule has 1 aliphatic rings. The van der Waals surface area contributed by atoms with Gasteiger partial charge in [-0.2, -0.15) is 0 Å². The number of amides is 1. The van der Waals surface area contributed by atoms with Crippen molar-refractivity contribution >= 4 is 33.7 Å². The molecule has 0 bridgehead atoms. The lowest BCUT2D eigenvalue weighted by Gasteiger charge is -2.31. The lowest BCUT2D eigenvalue weighted by atomic mass is 9.88. The molecule has 1 amide bonds. The molecule has 186 valence electrons. The number of aryl methyl sites for hydroxylation is 1. The van der Waals surface area contributed by atoms with Crippen LogP contribution in [0.25, 0.3) is 21.9 Å². The van der Waals surface area contributed by atoms with Gasteiger partial charge in [0.05, 0.1) is 17.6 Å². The van der Waals surface area contributed by atoms with Gasteiger partial charge in [-0.25, -0.2) is 9.97 Å². The van der Waals surface area contributed by atoms with Crippen LogP contribution in [0.15, 0.2) is 48.2 Å². The lowest BCUT2D eigenvalue weighted by molar-refractivity contribution is -0.122. The van der Waals surface area contributed by atoms with Crippen LogP contribution < -0.4 is 16.8 Å². The van der Waals surface area contributed by atoms with E-state index in [1.54, 1.807) is 7.11 Å². The van der Waals surface area contributed by atoms with Crippen LogP contribution in [0.5, 0.6) is 0 Å². The van der Waals surface area contributed by atoms with Crippen molar-refractivity contribution in [3.63, 3.8) is 0 Å². The summed E-state index contributed by atoms with van der Waals surface area (Å²) in [5.41, 5.74) is 15.1. The third-order valence-electron chi connectivity index (χ3n) is 6.78. The van der Waals surface area contributed by atoms with Crippen molar-refractivity contribution < 1.29 is 9.53 Å². The van der Waals surface area contributed by atoms with Crippen LogP contribution in [0.3, 0.4) is 0 Å². The quantitative estimate of drug-likeness (QED) is 0.340. The van der Waals surface area contributed by atoms with Gasteiger partial charge in [-0.05, 0) is 49.8 Å². The molecule has 0 fully saturated rings. The summed E-state index contributed by atoms with van der Waals surface area (Å²) in [4.78, 5) is 21.8. The number of dihydropyridines is 1. The van der Waals surface area contributed by atoms with E-state index >= 15 is 0 Å². The number of ether oxygens (including phenoxy) is 1. The number of pyridine rings is 1. The van der Waals surface area contributed by atoms with Gasteiger partial charge in [-0.1, -0.05) is 37.6 Å². The van der Waals surface area contributed by atoms with Crippen molar-refractivity contribution in [2.75, 3.05) is 19.5 Å².